The van der Waals surface area contributed by atoms with Gasteiger partial charge < -0.3 is 24.8 Å². The zero-order valence-electron chi connectivity index (χ0n) is 20.1. The topological polar surface area (TPSA) is 120 Å². The molecule has 194 valence electrons. The number of benzene rings is 3. The van der Waals surface area contributed by atoms with Crippen LogP contribution in [0.4, 0.5) is 0 Å². The molecule has 3 atom stereocenters. The van der Waals surface area contributed by atoms with Gasteiger partial charge >= 0.3 is 5.97 Å². The molecule has 8 nitrogen and oxygen atoms in total. The summed E-state index contributed by atoms with van der Waals surface area (Å²) in [5.74, 6) is -1.22. The zero-order valence-corrected chi connectivity index (χ0v) is 21.8. The van der Waals surface area contributed by atoms with Gasteiger partial charge in [0.2, 0.25) is 11.8 Å². The number of carboxylic acid groups (broad SMARTS) is 1. The smallest absolute Gasteiger partial charge is 0.322 e. The second-order valence-corrected chi connectivity index (χ2v) is 12.1. The third-order valence-electron chi connectivity index (χ3n) is 7.00. The first-order valence-corrected chi connectivity index (χ1v) is 14.0. The lowest BCUT2D eigenvalue weighted by Crippen LogP contribution is -2.74. The van der Waals surface area contributed by atoms with Crippen molar-refractivity contribution in [1.29, 1.82) is 0 Å². The molecule has 1 unspecified atom stereocenters. The molecule has 0 radical (unpaired) electrons. The largest absolute Gasteiger partial charge is 0.480 e. The summed E-state index contributed by atoms with van der Waals surface area (Å²) in [5.41, 5.74) is 2.77. The van der Waals surface area contributed by atoms with E-state index < -0.39 is 16.8 Å². The van der Waals surface area contributed by atoms with Crippen molar-refractivity contribution in [2.24, 2.45) is 0 Å². The number of carbonyl (C=O) groups is 3. The lowest BCUT2D eigenvalue weighted by atomic mass is 10.0. The average molecular weight is 549 g/mol. The number of para-hydroxylation sites is 1. The first-order valence-electron chi connectivity index (χ1n) is 12.1. The van der Waals surface area contributed by atoms with E-state index >= 15 is 0 Å². The third kappa shape index (κ3) is 4.22. The van der Waals surface area contributed by atoms with E-state index in [1.165, 1.54) is 23.5 Å². The molecule has 4 aromatic rings. The monoisotopic (exact) mass is 548 g/mol. The minimum atomic E-state index is -1.24. The number of aliphatic hydroxyl groups excluding tert-OH is 1. The van der Waals surface area contributed by atoms with E-state index in [2.05, 4.69) is 5.32 Å². The van der Waals surface area contributed by atoms with Gasteiger partial charge in [-0.3, -0.25) is 14.4 Å². The maximum absolute atomic E-state index is 12.9. The molecule has 38 heavy (non-hydrogen) atoms. The van der Waals surface area contributed by atoms with Crippen LogP contribution in [0, 0.1) is 0 Å². The van der Waals surface area contributed by atoms with E-state index in [0.29, 0.717) is 21.6 Å². The number of hydrogen-bond acceptors (Lipinski definition) is 7. The fourth-order valence-corrected chi connectivity index (χ4v) is 7.92. The van der Waals surface area contributed by atoms with Crippen LogP contribution >= 0.6 is 23.5 Å². The summed E-state index contributed by atoms with van der Waals surface area (Å²) in [6.07, 6.45) is 0.182. The van der Waals surface area contributed by atoms with Crippen molar-refractivity contribution in [3.05, 3.63) is 77.9 Å². The standard InChI is InChI=1S/C28H24N2O6S2/c31-13-17-7-4-8-20-19-10-9-18(12-21(19)36-24(17)20)38-28(27(34)35)14-30-25(33)23(26(30)37-15-28)29-22(32)11-16-5-2-1-3-6-16/h1-10,12,23,26,31H,11,13-15H2,(H,29,32)(H,34,35)/t23-,26-,28?/m1/s1. The van der Waals surface area contributed by atoms with Crippen LogP contribution in [0.2, 0.25) is 0 Å². The van der Waals surface area contributed by atoms with Crippen LogP contribution in [0.1, 0.15) is 11.1 Å². The molecule has 2 fully saturated rings. The van der Waals surface area contributed by atoms with Crippen molar-refractivity contribution in [3.8, 4) is 0 Å². The Labute approximate surface area is 226 Å². The Kier molecular flexibility index (Phi) is 6.33. The Bertz CT molecular complexity index is 1570. The SMILES string of the molecule is O=C(Cc1ccccc1)N[C@@H]1C(=O)N2CC(Sc3ccc4c(c3)oc3c(CO)cccc34)(C(=O)O)CS[C@H]12. The zero-order chi connectivity index (χ0) is 26.4. The number of nitrogens with zero attached hydrogens (tertiary/aromatic N) is 1. The highest BCUT2D eigenvalue weighted by Gasteiger charge is 2.58. The summed E-state index contributed by atoms with van der Waals surface area (Å²) in [6.45, 7) is -0.0990. The van der Waals surface area contributed by atoms with Crippen molar-refractivity contribution in [2.45, 2.75) is 34.1 Å². The van der Waals surface area contributed by atoms with Gasteiger partial charge in [-0.2, -0.15) is 0 Å². The molecule has 3 aromatic carbocycles. The number of nitrogens with one attached hydrogen (secondary N) is 1. The van der Waals surface area contributed by atoms with Crippen LogP contribution in [-0.4, -0.2) is 61.4 Å². The number of aliphatic carboxylic acids is 1. The maximum atomic E-state index is 12.9. The van der Waals surface area contributed by atoms with E-state index in [4.69, 9.17) is 4.42 Å². The maximum Gasteiger partial charge on any atom is 0.322 e. The molecule has 2 aliphatic rings. The van der Waals surface area contributed by atoms with Crippen LogP contribution in [0.25, 0.3) is 21.9 Å². The van der Waals surface area contributed by atoms with Gasteiger partial charge in [-0.15, -0.1) is 23.5 Å². The van der Waals surface area contributed by atoms with Crippen molar-refractivity contribution < 1.29 is 29.0 Å². The van der Waals surface area contributed by atoms with Crippen LogP contribution < -0.4 is 5.32 Å². The molecular formula is C28H24N2O6S2. The number of rotatable bonds is 7. The second kappa shape index (κ2) is 9.68. The van der Waals surface area contributed by atoms with Crippen molar-refractivity contribution in [1.82, 2.24) is 10.2 Å². The van der Waals surface area contributed by atoms with Crippen LogP contribution in [0.3, 0.4) is 0 Å². The van der Waals surface area contributed by atoms with E-state index in [1.54, 1.807) is 11.0 Å². The summed E-state index contributed by atoms with van der Waals surface area (Å²) in [6, 6.07) is 19.8. The number of carboxylic acids is 1. The van der Waals surface area contributed by atoms with E-state index in [-0.39, 0.29) is 42.5 Å². The second-order valence-electron chi connectivity index (χ2n) is 9.49. The fourth-order valence-electron chi connectivity index (χ4n) is 5.04. The third-order valence-corrected chi connectivity index (χ3v) is 10.0. The van der Waals surface area contributed by atoms with Gasteiger partial charge in [0.05, 0.1) is 13.0 Å². The number of carbonyl (C=O) groups excluding carboxylic acids is 2. The molecule has 0 aliphatic carbocycles. The van der Waals surface area contributed by atoms with Crippen LogP contribution in [-0.2, 0) is 27.4 Å². The van der Waals surface area contributed by atoms with Crippen LogP contribution in [0.5, 0.6) is 0 Å². The highest BCUT2D eigenvalue weighted by molar-refractivity contribution is 8.05. The summed E-state index contributed by atoms with van der Waals surface area (Å²) < 4.78 is 4.78. The number of thioether (sulfide) groups is 2. The summed E-state index contributed by atoms with van der Waals surface area (Å²) in [5, 5.41) is 24.2. The molecule has 0 bridgehead atoms. The van der Waals surface area contributed by atoms with E-state index in [1.807, 2.05) is 60.7 Å². The summed E-state index contributed by atoms with van der Waals surface area (Å²) >= 11 is 2.58. The first-order chi connectivity index (χ1) is 18.4. The Hall–Kier alpha value is -3.47. The first kappa shape index (κ1) is 24.8. The van der Waals surface area contributed by atoms with Gasteiger partial charge in [0, 0.05) is 33.5 Å². The van der Waals surface area contributed by atoms with Gasteiger partial charge in [-0.05, 0) is 23.8 Å². The lowest BCUT2D eigenvalue weighted by Gasteiger charge is -2.53. The number of aliphatic hydroxyl groups is 1. The summed E-state index contributed by atoms with van der Waals surface area (Å²) in [4.78, 5) is 40.2. The minimum absolute atomic E-state index is 0.0430. The van der Waals surface area contributed by atoms with Gasteiger partial charge in [0.15, 0.2) is 0 Å². The molecular weight excluding hydrogens is 524 g/mol. The molecule has 2 amide bonds. The predicted molar refractivity (Wildman–Crippen MR) is 146 cm³/mol. The number of β-lactam (4-membered cyclic amide) rings is 1. The highest BCUT2D eigenvalue weighted by atomic mass is 32.2. The summed E-state index contributed by atoms with van der Waals surface area (Å²) in [7, 11) is 0. The Morgan fingerprint density at radius 1 is 1.11 bits per heavy atom. The number of amides is 2. The molecule has 0 spiro atoms. The quantitative estimate of drug-likeness (QED) is 0.300. The predicted octanol–water partition coefficient (Wildman–Crippen LogP) is 3.64. The van der Waals surface area contributed by atoms with Gasteiger partial charge in [0.25, 0.3) is 0 Å². The molecule has 0 saturated carbocycles. The van der Waals surface area contributed by atoms with Crippen molar-refractivity contribution in [3.63, 3.8) is 0 Å². The number of hydrogen-bond donors (Lipinski definition) is 3. The normalized spacial score (nSPS) is 22.8. The number of fused-ring (bicyclic) bond motifs is 4. The molecule has 10 heteroatoms. The Morgan fingerprint density at radius 2 is 1.92 bits per heavy atom. The van der Waals surface area contributed by atoms with E-state index in [9.17, 15) is 24.6 Å². The Balaban J connectivity index is 1.18. The van der Waals surface area contributed by atoms with Gasteiger partial charge in [0.1, 0.15) is 27.3 Å². The van der Waals surface area contributed by atoms with Crippen LogP contribution in [0.15, 0.2) is 76.0 Å². The van der Waals surface area contributed by atoms with Crippen molar-refractivity contribution >= 4 is 63.2 Å². The molecule has 3 heterocycles. The Morgan fingerprint density at radius 3 is 2.68 bits per heavy atom. The molecule has 3 N–H and O–H groups in total. The molecule has 2 aliphatic heterocycles. The van der Waals surface area contributed by atoms with Gasteiger partial charge in [-0.25, -0.2) is 0 Å². The van der Waals surface area contributed by atoms with E-state index in [0.717, 1.165) is 16.3 Å². The molecule has 2 saturated heterocycles. The minimum Gasteiger partial charge on any atom is -0.480 e. The number of furan rings is 1. The lowest BCUT2D eigenvalue weighted by molar-refractivity contribution is -0.152. The fraction of sp³-hybridized carbons (Fsp3) is 0.250. The van der Waals surface area contributed by atoms with Crippen molar-refractivity contribution in [2.75, 3.05) is 12.3 Å². The average Bonchev–Trinajstić information content (AvgIpc) is 3.30. The van der Waals surface area contributed by atoms with Gasteiger partial charge in [-0.1, -0.05) is 48.5 Å². The highest BCUT2D eigenvalue weighted by Crippen LogP contribution is 2.47. The molecule has 6 rings (SSSR count). The molecule has 1 aromatic heterocycles.